The third-order valence-corrected chi connectivity index (χ3v) is 4.84. The second-order valence-corrected chi connectivity index (χ2v) is 7.11. The number of anilines is 1. The molecule has 2 aromatic carbocycles. The normalized spacial score (nSPS) is 13.0. The Hall–Kier alpha value is -1.27. The van der Waals surface area contributed by atoms with Crippen LogP contribution in [0.4, 0.5) is 5.69 Å². The molecule has 1 atom stereocenters. The minimum Gasteiger partial charge on any atom is -0.324 e. The molecule has 4 nitrogen and oxygen atoms in total. The third-order valence-electron chi connectivity index (χ3n) is 2.89. The van der Waals surface area contributed by atoms with Crippen molar-refractivity contribution in [3.05, 3.63) is 58.1 Å². The van der Waals surface area contributed by atoms with Crippen molar-refractivity contribution >= 4 is 38.9 Å². The second-order valence-electron chi connectivity index (χ2n) is 4.59. The van der Waals surface area contributed by atoms with E-state index in [9.17, 15) is 8.42 Å². The number of hydrogen-bond acceptors (Lipinski definition) is 3. The summed E-state index contributed by atoms with van der Waals surface area (Å²) in [6.07, 6.45) is 0. The Bertz CT molecular complexity index is 744. The Labute approximate surface area is 133 Å². The van der Waals surface area contributed by atoms with Crippen molar-refractivity contribution in [2.24, 2.45) is 5.73 Å². The molecule has 0 saturated carbocycles. The number of sulfonamides is 1. The van der Waals surface area contributed by atoms with Gasteiger partial charge in [0, 0.05) is 11.1 Å². The third kappa shape index (κ3) is 3.89. The number of halogens is 2. The van der Waals surface area contributed by atoms with E-state index in [0.717, 1.165) is 5.56 Å². The van der Waals surface area contributed by atoms with Gasteiger partial charge in [0.05, 0.1) is 15.6 Å². The summed E-state index contributed by atoms with van der Waals surface area (Å²) in [5.74, 6) is 0. The topological polar surface area (TPSA) is 72.2 Å². The summed E-state index contributed by atoms with van der Waals surface area (Å²) >= 11 is 11.8. The molecule has 0 spiro atoms. The Morgan fingerprint density at radius 2 is 1.71 bits per heavy atom. The number of nitrogens with one attached hydrogen (secondary N) is 1. The number of rotatable bonds is 4. The van der Waals surface area contributed by atoms with Crippen LogP contribution in [0, 0.1) is 0 Å². The molecule has 3 N–H and O–H groups in total. The van der Waals surface area contributed by atoms with Gasteiger partial charge in [0.15, 0.2) is 0 Å². The van der Waals surface area contributed by atoms with Crippen LogP contribution in [0.2, 0.25) is 10.0 Å². The molecule has 0 amide bonds. The standard InChI is InChI=1S/C14H14Cl2N2O2S/c1-9(17)10-2-5-12(6-3-10)21(19,20)18-14-8-11(15)4-7-13(14)16/h2-9,18H,17H2,1H3. The molecule has 0 bridgehead atoms. The van der Waals surface area contributed by atoms with E-state index in [1.165, 1.54) is 24.3 Å². The van der Waals surface area contributed by atoms with E-state index in [2.05, 4.69) is 4.72 Å². The molecule has 0 radical (unpaired) electrons. The van der Waals surface area contributed by atoms with Gasteiger partial charge in [-0.3, -0.25) is 4.72 Å². The highest BCUT2D eigenvalue weighted by atomic mass is 35.5. The van der Waals surface area contributed by atoms with Gasteiger partial charge in [-0.25, -0.2) is 8.42 Å². The van der Waals surface area contributed by atoms with Gasteiger partial charge >= 0.3 is 0 Å². The molecule has 1 unspecified atom stereocenters. The van der Waals surface area contributed by atoms with Crippen molar-refractivity contribution in [3.8, 4) is 0 Å². The Morgan fingerprint density at radius 1 is 1.10 bits per heavy atom. The number of hydrogen-bond donors (Lipinski definition) is 2. The molecule has 7 heteroatoms. The molecule has 0 aliphatic heterocycles. The quantitative estimate of drug-likeness (QED) is 0.885. The summed E-state index contributed by atoms with van der Waals surface area (Å²) in [4.78, 5) is 0.128. The lowest BCUT2D eigenvalue weighted by molar-refractivity contribution is 0.601. The van der Waals surface area contributed by atoms with Gasteiger partial charge in [-0.1, -0.05) is 35.3 Å². The fourth-order valence-electron chi connectivity index (χ4n) is 1.73. The maximum absolute atomic E-state index is 12.3. The summed E-state index contributed by atoms with van der Waals surface area (Å²) in [7, 11) is -3.73. The molecular weight excluding hydrogens is 331 g/mol. The monoisotopic (exact) mass is 344 g/mol. The number of benzene rings is 2. The van der Waals surface area contributed by atoms with Gasteiger partial charge in [0.1, 0.15) is 0 Å². The summed E-state index contributed by atoms with van der Waals surface area (Å²) < 4.78 is 27.0. The highest BCUT2D eigenvalue weighted by Gasteiger charge is 2.16. The lowest BCUT2D eigenvalue weighted by Crippen LogP contribution is -2.13. The first-order chi connectivity index (χ1) is 9.79. The minimum absolute atomic E-state index is 0.128. The van der Waals surface area contributed by atoms with Crippen LogP contribution in [0.25, 0.3) is 0 Å². The molecule has 0 heterocycles. The highest BCUT2D eigenvalue weighted by Crippen LogP contribution is 2.28. The van der Waals surface area contributed by atoms with E-state index >= 15 is 0 Å². The molecule has 2 rings (SSSR count). The van der Waals surface area contributed by atoms with Gasteiger partial charge in [-0.2, -0.15) is 0 Å². The summed E-state index contributed by atoms with van der Waals surface area (Å²) in [5.41, 5.74) is 6.83. The highest BCUT2D eigenvalue weighted by molar-refractivity contribution is 7.92. The zero-order chi connectivity index (χ0) is 15.6. The Kier molecular flexibility index (Phi) is 4.78. The molecule has 112 valence electrons. The van der Waals surface area contributed by atoms with Crippen molar-refractivity contribution in [2.45, 2.75) is 17.9 Å². The molecule has 0 aromatic heterocycles. The minimum atomic E-state index is -3.73. The smallest absolute Gasteiger partial charge is 0.261 e. The van der Waals surface area contributed by atoms with Crippen molar-refractivity contribution in [1.29, 1.82) is 0 Å². The van der Waals surface area contributed by atoms with Crippen molar-refractivity contribution in [3.63, 3.8) is 0 Å². The van der Waals surface area contributed by atoms with Gasteiger partial charge < -0.3 is 5.73 Å². The van der Waals surface area contributed by atoms with Crippen molar-refractivity contribution in [2.75, 3.05) is 4.72 Å². The van der Waals surface area contributed by atoms with E-state index < -0.39 is 10.0 Å². The predicted molar refractivity (Wildman–Crippen MR) is 86.3 cm³/mol. The second kappa shape index (κ2) is 6.23. The average molecular weight is 345 g/mol. The van der Waals surface area contributed by atoms with Crippen LogP contribution in [0.3, 0.4) is 0 Å². The largest absolute Gasteiger partial charge is 0.324 e. The molecule has 21 heavy (non-hydrogen) atoms. The van der Waals surface area contributed by atoms with E-state index in [-0.39, 0.29) is 21.6 Å². The van der Waals surface area contributed by atoms with Gasteiger partial charge in [0.25, 0.3) is 10.0 Å². The first kappa shape index (κ1) is 16.1. The van der Waals surface area contributed by atoms with Crippen molar-refractivity contribution < 1.29 is 8.42 Å². The molecule has 0 saturated heterocycles. The molecule has 2 aromatic rings. The maximum Gasteiger partial charge on any atom is 0.261 e. The molecule has 0 aliphatic carbocycles. The Morgan fingerprint density at radius 3 is 2.29 bits per heavy atom. The van der Waals surface area contributed by atoms with Crippen LogP contribution in [0.5, 0.6) is 0 Å². The summed E-state index contributed by atoms with van der Waals surface area (Å²) in [6.45, 7) is 1.83. The fourth-order valence-corrected chi connectivity index (χ4v) is 3.19. The predicted octanol–water partition coefficient (Wildman–Crippen LogP) is 3.81. The van der Waals surface area contributed by atoms with Crippen LogP contribution in [-0.2, 0) is 10.0 Å². The number of nitrogens with two attached hydrogens (primary N) is 1. The van der Waals surface area contributed by atoms with Crippen LogP contribution in [0.1, 0.15) is 18.5 Å². The van der Waals surface area contributed by atoms with Gasteiger partial charge in [0.2, 0.25) is 0 Å². The lowest BCUT2D eigenvalue weighted by Gasteiger charge is -2.11. The lowest BCUT2D eigenvalue weighted by atomic mass is 10.1. The first-order valence-corrected chi connectivity index (χ1v) is 8.37. The van der Waals surface area contributed by atoms with Crippen LogP contribution in [-0.4, -0.2) is 8.42 Å². The van der Waals surface area contributed by atoms with Crippen LogP contribution in [0.15, 0.2) is 47.4 Å². The summed E-state index contributed by atoms with van der Waals surface area (Å²) in [6, 6.07) is 10.8. The van der Waals surface area contributed by atoms with E-state index in [1.54, 1.807) is 18.2 Å². The maximum atomic E-state index is 12.3. The SMILES string of the molecule is CC(N)c1ccc(S(=O)(=O)Nc2cc(Cl)ccc2Cl)cc1. The summed E-state index contributed by atoms with van der Waals surface area (Å²) in [5, 5.41) is 0.666. The molecular formula is C14H14Cl2N2O2S. The van der Waals surface area contributed by atoms with Crippen LogP contribution < -0.4 is 10.5 Å². The van der Waals surface area contributed by atoms with E-state index in [1.807, 2.05) is 6.92 Å². The van der Waals surface area contributed by atoms with Gasteiger partial charge in [-0.15, -0.1) is 0 Å². The van der Waals surface area contributed by atoms with E-state index in [4.69, 9.17) is 28.9 Å². The molecule has 0 aliphatic rings. The fraction of sp³-hybridized carbons (Fsp3) is 0.143. The first-order valence-electron chi connectivity index (χ1n) is 6.13. The molecule has 0 fully saturated rings. The zero-order valence-electron chi connectivity index (χ0n) is 11.2. The van der Waals surface area contributed by atoms with Crippen LogP contribution >= 0.6 is 23.2 Å². The average Bonchev–Trinajstić information content (AvgIpc) is 2.43. The zero-order valence-corrected chi connectivity index (χ0v) is 13.5. The Balaban J connectivity index is 2.31. The van der Waals surface area contributed by atoms with Gasteiger partial charge in [-0.05, 0) is 42.8 Å². The van der Waals surface area contributed by atoms with E-state index in [0.29, 0.717) is 5.02 Å². The van der Waals surface area contributed by atoms with Crippen molar-refractivity contribution in [1.82, 2.24) is 0 Å².